The molecule has 2 bridgehead atoms. The van der Waals surface area contributed by atoms with Crippen molar-refractivity contribution in [3.05, 3.63) is 0 Å². The summed E-state index contributed by atoms with van der Waals surface area (Å²) in [6.07, 6.45) is 11.1. The molecule has 10 heavy (non-hydrogen) atoms. The van der Waals surface area contributed by atoms with Crippen LogP contribution in [0.25, 0.3) is 0 Å². The highest BCUT2D eigenvalue weighted by atomic mass is 14.6. The molecule has 3 aliphatic rings. The van der Waals surface area contributed by atoms with Crippen molar-refractivity contribution in [1.82, 2.24) is 0 Å². The molecule has 3 fully saturated rings. The Morgan fingerprint density at radius 2 is 2.10 bits per heavy atom. The molecule has 3 aliphatic carbocycles. The van der Waals surface area contributed by atoms with Crippen LogP contribution in [0.3, 0.4) is 0 Å². The zero-order chi connectivity index (χ0) is 6.60. The van der Waals surface area contributed by atoms with Crippen LogP contribution in [0.5, 0.6) is 0 Å². The van der Waals surface area contributed by atoms with Crippen LogP contribution in [0.15, 0.2) is 0 Å². The van der Waals surface area contributed by atoms with Gasteiger partial charge in [-0.15, -0.1) is 0 Å². The smallest absolute Gasteiger partial charge is 0.0266 e. The van der Waals surface area contributed by atoms with Gasteiger partial charge in [0.15, 0.2) is 0 Å². The van der Waals surface area contributed by atoms with Crippen LogP contribution in [0, 0.1) is 17.3 Å². The topological polar surface area (TPSA) is 0 Å². The summed E-state index contributed by atoms with van der Waals surface area (Å²) in [7, 11) is 0. The first kappa shape index (κ1) is 5.62. The highest BCUT2D eigenvalue weighted by Gasteiger charge is 2.53. The maximum atomic E-state index is 1.62. The maximum absolute atomic E-state index is 1.62. The van der Waals surface area contributed by atoms with E-state index in [2.05, 4.69) is 0 Å². The van der Waals surface area contributed by atoms with Gasteiger partial charge in [-0.05, 0) is 55.8 Å². The molecule has 3 rings (SSSR count). The van der Waals surface area contributed by atoms with E-state index in [0.29, 0.717) is 0 Å². The summed E-state index contributed by atoms with van der Waals surface area (Å²) in [5.41, 5.74) is 0.921. The summed E-state index contributed by atoms with van der Waals surface area (Å²) >= 11 is 0. The van der Waals surface area contributed by atoms with Gasteiger partial charge in [0.1, 0.15) is 0 Å². The fourth-order valence-electron chi connectivity index (χ4n) is 4.05. The van der Waals surface area contributed by atoms with Gasteiger partial charge in [-0.1, -0.05) is 6.42 Å². The quantitative estimate of drug-likeness (QED) is 0.480. The largest absolute Gasteiger partial charge is 0.0525 e. The Balaban J connectivity index is 1.99. The molecule has 0 saturated heterocycles. The molecule has 0 heteroatoms. The minimum atomic E-state index is 0.921. The molecular formula is C10H16. The van der Waals surface area contributed by atoms with E-state index in [9.17, 15) is 0 Å². The van der Waals surface area contributed by atoms with Crippen molar-refractivity contribution in [2.75, 3.05) is 0 Å². The highest BCUT2D eigenvalue weighted by Crippen LogP contribution is 2.64. The van der Waals surface area contributed by atoms with Crippen LogP contribution >= 0.6 is 0 Å². The zero-order valence-corrected chi connectivity index (χ0v) is 6.60. The van der Waals surface area contributed by atoms with Crippen LogP contribution in [0.1, 0.15) is 44.9 Å². The molecule has 0 aromatic heterocycles. The summed E-state index contributed by atoms with van der Waals surface area (Å²) in [4.78, 5) is 0. The summed E-state index contributed by atoms with van der Waals surface area (Å²) in [6, 6.07) is 0. The van der Waals surface area contributed by atoms with Crippen LogP contribution in [0.2, 0.25) is 0 Å². The van der Waals surface area contributed by atoms with E-state index in [-0.39, 0.29) is 0 Å². The third-order valence-electron chi connectivity index (χ3n) is 4.46. The van der Waals surface area contributed by atoms with Crippen molar-refractivity contribution in [3.63, 3.8) is 0 Å². The second-order valence-corrected chi connectivity index (χ2v) is 4.80. The molecule has 0 amide bonds. The Morgan fingerprint density at radius 3 is 2.90 bits per heavy atom. The molecule has 0 N–H and O–H groups in total. The lowest BCUT2D eigenvalue weighted by Crippen LogP contribution is -2.18. The molecule has 3 saturated carbocycles. The molecule has 0 aromatic rings. The number of rotatable bonds is 0. The lowest BCUT2D eigenvalue weighted by Gasteiger charge is -2.27. The second-order valence-electron chi connectivity index (χ2n) is 4.80. The zero-order valence-electron chi connectivity index (χ0n) is 6.60. The molecule has 0 aliphatic heterocycles. The van der Waals surface area contributed by atoms with Gasteiger partial charge in [-0.2, -0.15) is 0 Å². The third-order valence-corrected chi connectivity index (χ3v) is 4.46. The molecule has 0 aromatic carbocycles. The number of hydrogen-bond donors (Lipinski definition) is 0. The van der Waals surface area contributed by atoms with E-state index in [1.807, 2.05) is 0 Å². The van der Waals surface area contributed by atoms with Gasteiger partial charge in [0.25, 0.3) is 0 Å². The standard InChI is InChI=1S/C10H16/c1-2-9-6-8-3-5-10(9,4-1)7-8/h8-9H,1-7H2/t8-,9+,10-/m1/s1. The van der Waals surface area contributed by atoms with Gasteiger partial charge < -0.3 is 0 Å². The highest BCUT2D eigenvalue weighted by molar-refractivity contribution is 5.04. The predicted molar refractivity (Wildman–Crippen MR) is 41.7 cm³/mol. The van der Waals surface area contributed by atoms with Gasteiger partial charge >= 0.3 is 0 Å². The minimum absolute atomic E-state index is 0.921. The Hall–Kier alpha value is 0. The van der Waals surface area contributed by atoms with Crippen LogP contribution in [-0.4, -0.2) is 0 Å². The maximum Gasteiger partial charge on any atom is -0.0266 e. The average Bonchev–Trinajstić information content (AvgIpc) is 2.48. The Kier molecular flexibility index (Phi) is 0.898. The molecule has 0 radical (unpaired) electrons. The fourth-order valence-corrected chi connectivity index (χ4v) is 4.05. The van der Waals surface area contributed by atoms with E-state index in [0.717, 1.165) is 5.41 Å². The van der Waals surface area contributed by atoms with Gasteiger partial charge in [0.05, 0.1) is 0 Å². The second kappa shape index (κ2) is 1.60. The van der Waals surface area contributed by atoms with Crippen LogP contribution in [-0.2, 0) is 0 Å². The van der Waals surface area contributed by atoms with Crippen LogP contribution in [0.4, 0.5) is 0 Å². The molecule has 56 valence electrons. The SMILES string of the molecule is C1C[C@H]2C[C@H]3CC[C@]2(C1)C3. The van der Waals surface area contributed by atoms with Crippen LogP contribution < -0.4 is 0 Å². The van der Waals surface area contributed by atoms with Crippen molar-refractivity contribution >= 4 is 0 Å². The normalized spacial score (nSPS) is 57.6. The fraction of sp³-hybridized carbons (Fsp3) is 1.00. The number of fused-ring (bicyclic) bond motifs is 1. The van der Waals surface area contributed by atoms with E-state index < -0.39 is 0 Å². The van der Waals surface area contributed by atoms with Gasteiger partial charge in [0.2, 0.25) is 0 Å². The first-order chi connectivity index (χ1) is 4.89. The van der Waals surface area contributed by atoms with Gasteiger partial charge in [0, 0.05) is 0 Å². The lowest BCUT2D eigenvalue weighted by atomic mass is 9.78. The molecule has 0 nitrogen and oxygen atoms in total. The van der Waals surface area contributed by atoms with E-state index in [1.54, 1.807) is 44.9 Å². The predicted octanol–water partition coefficient (Wildman–Crippen LogP) is 2.98. The Labute approximate surface area is 63.0 Å². The summed E-state index contributed by atoms with van der Waals surface area (Å²) < 4.78 is 0. The van der Waals surface area contributed by atoms with Crippen molar-refractivity contribution < 1.29 is 0 Å². The van der Waals surface area contributed by atoms with E-state index in [4.69, 9.17) is 0 Å². The molecule has 0 heterocycles. The minimum Gasteiger partial charge on any atom is -0.0525 e. The van der Waals surface area contributed by atoms with E-state index in [1.165, 1.54) is 11.8 Å². The van der Waals surface area contributed by atoms with E-state index >= 15 is 0 Å². The number of hydrogen-bond acceptors (Lipinski definition) is 0. The van der Waals surface area contributed by atoms with Gasteiger partial charge in [-0.3, -0.25) is 0 Å². The van der Waals surface area contributed by atoms with Crippen molar-refractivity contribution in [3.8, 4) is 0 Å². The average molecular weight is 136 g/mol. The van der Waals surface area contributed by atoms with Crippen molar-refractivity contribution in [2.24, 2.45) is 17.3 Å². The first-order valence-electron chi connectivity index (χ1n) is 4.89. The van der Waals surface area contributed by atoms with Crippen molar-refractivity contribution in [2.45, 2.75) is 44.9 Å². The third kappa shape index (κ3) is 0.500. The Morgan fingerprint density at radius 1 is 1.10 bits per heavy atom. The summed E-state index contributed by atoms with van der Waals surface area (Å²) in [5.74, 6) is 2.36. The Bertz CT molecular complexity index is 157. The lowest BCUT2D eigenvalue weighted by molar-refractivity contribution is 0.227. The monoisotopic (exact) mass is 136 g/mol. The molecule has 0 unspecified atom stereocenters. The summed E-state index contributed by atoms with van der Waals surface area (Å²) in [5, 5.41) is 0. The molecular weight excluding hydrogens is 120 g/mol. The van der Waals surface area contributed by atoms with Gasteiger partial charge in [-0.25, -0.2) is 0 Å². The van der Waals surface area contributed by atoms with Crippen molar-refractivity contribution in [1.29, 1.82) is 0 Å². The summed E-state index contributed by atoms with van der Waals surface area (Å²) in [6.45, 7) is 0. The first-order valence-corrected chi connectivity index (χ1v) is 4.89. The molecule has 1 spiro atoms. The molecule has 3 atom stereocenters.